The summed E-state index contributed by atoms with van der Waals surface area (Å²) in [6.45, 7) is 0.603. The van der Waals surface area contributed by atoms with E-state index in [0.717, 1.165) is 6.42 Å². The average Bonchev–Trinajstić information content (AvgIpc) is 2.21. The van der Waals surface area contributed by atoms with Gasteiger partial charge in [0, 0.05) is 25.5 Å². The lowest BCUT2D eigenvalue weighted by molar-refractivity contribution is 0.189. The molecule has 0 heterocycles. The first-order chi connectivity index (χ1) is 6.79. The van der Waals surface area contributed by atoms with Crippen LogP contribution in [0.15, 0.2) is 24.3 Å². The number of benzene rings is 1. The van der Waals surface area contributed by atoms with Crippen molar-refractivity contribution in [2.75, 3.05) is 19.6 Å². The summed E-state index contributed by atoms with van der Waals surface area (Å²) in [5.41, 5.74) is 0.680. The van der Waals surface area contributed by atoms with Crippen LogP contribution in [0.4, 0.5) is 4.39 Å². The summed E-state index contributed by atoms with van der Waals surface area (Å²) < 4.78 is 18.3. The molecule has 0 spiro atoms. The summed E-state index contributed by atoms with van der Waals surface area (Å²) in [5, 5.41) is 0. The Kier molecular flexibility index (Phi) is 4.91. The highest BCUT2D eigenvalue weighted by Crippen LogP contribution is 2.23. The molecule has 0 aliphatic rings. The molecular formula is C11H14ClFO. The predicted molar refractivity (Wildman–Crippen MR) is 56.4 cm³/mol. The van der Waals surface area contributed by atoms with Crippen LogP contribution in [0, 0.1) is 5.82 Å². The van der Waals surface area contributed by atoms with Crippen LogP contribution in [0.1, 0.15) is 17.9 Å². The van der Waals surface area contributed by atoms with Crippen molar-refractivity contribution < 1.29 is 9.13 Å². The SMILES string of the molecule is COCCC(CCl)c1ccccc1F. The van der Waals surface area contributed by atoms with Crippen LogP contribution < -0.4 is 0 Å². The van der Waals surface area contributed by atoms with Crippen LogP contribution >= 0.6 is 11.6 Å². The molecule has 0 aromatic heterocycles. The molecule has 1 aromatic carbocycles. The Balaban J connectivity index is 2.73. The maximum absolute atomic E-state index is 13.4. The van der Waals surface area contributed by atoms with Gasteiger partial charge in [0.05, 0.1) is 0 Å². The highest BCUT2D eigenvalue weighted by molar-refractivity contribution is 6.18. The van der Waals surface area contributed by atoms with E-state index in [1.807, 2.05) is 6.07 Å². The largest absolute Gasteiger partial charge is 0.385 e. The fraction of sp³-hybridized carbons (Fsp3) is 0.455. The van der Waals surface area contributed by atoms with Crippen molar-refractivity contribution >= 4 is 11.6 Å². The minimum Gasteiger partial charge on any atom is -0.385 e. The molecule has 0 N–H and O–H groups in total. The van der Waals surface area contributed by atoms with Crippen molar-refractivity contribution in [3.63, 3.8) is 0 Å². The van der Waals surface area contributed by atoms with E-state index in [1.54, 1.807) is 19.2 Å². The second-order valence-corrected chi connectivity index (χ2v) is 3.46. The van der Waals surface area contributed by atoms with Gasteiger partial charge in [-0.25, -0.2) is 4.39 Å². The first-order valence-electron chi connectivity index (χ1n) is 4.59. The predicted octanol–water partition coefficient (Wildman–Crippen LogP) is 3.18. The number of halogens is 2. The lowest BCUT2D eigenvalue weighted by Gasteiger charge is -2.14. The topological polar surface area (TPSA) is 9.23 Å². The van der Waals surface area contributed by atoms with Crippen molar-refractivity contribution in [1.82, 2.24) is 0 Å². The van der Waals surface area contributed by atoms with Gasteiger partial charge in [0.25, 0.3) is 0 Å². The molecule has 3 heteroatoms. The second-order valence-electron chi connectivity index (χ2n) is 3.15. The number of alkyl halides is 1. The number of hydrogen-bond acceptors (Lipinski definition) is 1. The maximum atomic E-state index is 13.4. The van der Waals surface area contributed by atoms with Crippen LogP contribution in [-0.2, 0) is 4.74 Å². The molecule has 1 atom stereocenters. The Morgan fingerprint density at radius 3 is 2.71 bits per heavy atom. The molecule has 1 nitrogen and oxygen atoms in total. The smallest absolute Gasteiger partial charge is 0.126 e. The van der Waals surface area contributed by atoms with Crippen LogP contribution in [0.2, 0.25) is 0 Å². The fourth-order valence-electron chi connectivity index (χ4n) is 1.38. The van der Waals surface area contributed by atoms with Gasteiger partial charge in [-0.3, -0.25) is 0 Å². The van der Waals surface area contributed by atoms with Gasteiger partial charge in [-0.15, -0.1) is 11.6 Å². The highest BCUT2D eigenvalue weighted by atomic mass is 35.5. The Bertz CT molecular complexity index is 278. The van der Waals surface area contributed by atoms with E-state index in [-0.39, 0.29) is 11.7 Å². The fourth-order valence-corrected chi connectivity index (χ4v) is 1.70. The van der Waals surface area contributed by atoms with Gasteiger partial charge in [0.1, 0.15) is 5.82 Å². The molecule has 0 radical (unpaired) electrons. The molecule has 0 aliphatic heterocycles. The summed E-state index contributed by atoms with van der Waals surface area (Å²) in [7, 11) is 1.63. The van der Waals surface area contributed by atoms with Crippen LogP contribution in [0.25, 0.3) is 0 Å². The van der Waals surface area contributed by atoms with Crippen molar-refractivity contribution in [2.45, 2.75) is 12.3 Å². The van der Waals surface area contributed by atoms with E-state index in [9.17, 15) is 4.39 Å². The summed E-state index contributed by atoms with van der Waals surface area (Å²) in [5.74, 6) is 0.275. The molecular weight excluding hydrogens is 203 g/mol. The molecule has 0 amide bonds. The van der Waals surface area contributed by atoms with Crippen LogP contribution in [0.5, 0.6) is 0 Å². The van der Waals surface area contributed by atoms with Gasteiger partial charge in [-0.1, -0.05) is 18.2 Å². The van der Waals surface area contributed by atoms with Gasteiger partial charge in [0.15, 0.2) is 0 Å². The quantitative estimate of drug-likeness (QED) is 0.687. The van der Waals surface area contributed by atoms with E-state index in [1.165, 1.54) is 6.07 Å². The van der Waals surface area contributed by atoms with Gasteiger partial charge >= 0.3 is 0 Å². The molecule has 0 bridgehead atoms. The number of methoxy groups -OCH3 is 1. The molecule has 0 saturated heterocycles. The monoisotopic (exact) mass is 216 g/mol. The Hall–Kier alpha value is -0.600. The highest BCUT2D eigenvalue weighted by Gasteiger charge is 2.13. The molecule has 1 unspecified atom stereocenters. The number of ether oxygens (including phenoxy) is 1. The van der Waals surface area contributed by atoms with Gasteiger partial charge in [-0.2, -0.15) is 0 Å². The average molecular weight is 217 g/mol. The Morgan fingerprint density at radius 2 is 2.14 bits per heavy atom. The van der Waals surface area contributed by atoms with Crippen molar-refractivity contribution in [3.05, 3.63) is 35.6 Å². The van der Waals surface area contributed by atoms with Crippen molar-refractivity contribution in [3.8, 4) is 0 Å². The van der Waals surface area contributed by atoms with Crippen LogP contribution in [0.3, 0.4) is 0 Å². The summed E-state index contributed by atoms with van der Waals surface area (Å²) in [4.78, 5) is 0. The Labute approximate surface area is 88.8 Å². The van der Waals surface area contributed by atoms with Crippen LogP contribution in [-0.4, -0.2) is 19.6 Å². The molecule has 1 aromatic rings. The first kappa shape index (κ1) is 11.5. The molecule has 0 aliphatic carbocycles. The van der Waals surface area contributed by atoms with Crippen molar-refractivity contribution in [2.24, 2.45) is 0 Å². The molecule has 0 saturated carbocycles. The van der Waals surface area contributed by atoms with E-state index in [4.69, 9.17) is 16.3 Å². The third-order valence-corrected chi connectivity index (χ3v) is 2.57. The number of rotatable bonds is 5. The zero-order chi connectivity index (χ0) is 10.4. The summed E-state index contributed by atoms with van der Waals surface area (Å²) in [6.07, 6.45) is 0.751. The van der Waals surface area contributed by atoms with E-state index < -0.39 is 0 Å². The summed E-state index contributed by atoms with van der Waals surface area (Å²) in [6, 6.07) is 6.74. The standard InChI is InChI=1S/C11H14ClFO/c1-14-7-6-9(8-12)10-4-2-3-5-11(10)13/h2-5,9H,6-8H2,1H3. The summed E-state index contributed by atoms with van der Waals surface area (Å²) >= 11 is 5.79. The lowest BCUT2D eigenvalue weighted by atomic mass is 9.97. The maximum Gasteiger partial charge on any atom is 0.126 e. The normalized spacial score (nSPS) is 12.8. The van der Waals surface area contributed by atoms with Gasteiger partial charge in [-0.05, 0) is 18.1 Å². The van der Waals surface area contributed by atoms with Gasteiger partial charge < -0.3 is 4.74 Å². The molecule has 14 heavy (non-hydrogen) atoms. The third-order valence-electron chi connectivity index (χ3n) is 2.20. The Morgan fingerprint density at radius 1 is 1.43 bits per heavy atom. The molecule has 1 rings (SSSR count). The first-order valence-corrected chi connectivity index (χ1v) is 5.12. The van der Waals surface area contributed by atoms with E-state index >= 15 is 0 Å². The van der Waals surface area contributed by atoms with E-state index in [0.29, 0.717) is 18.1 Å². The third kappa shape index (κ3) is 2.96. The van der Waals surface area contributed by atoms with E-state index in [2.05, 4.69) is 0 Å². The minimum atomic E-state index is -0.186. The van der Waals surface area contributed by atoms with Crippen molar-refractivity contribution in [1.29, 1.82) is 0 Å². The molecule has 0 fully saturated rings. The molecule has 78 valence electrons. The zero-order valence-corrected chi connectivity index (χ0v) is 8.93. The minimum absolute atomic E-state index is 0.0396. The second kappa shape index (κ2) is 5.99. The van der Waals surface area contributed by atoms with Gasteiger partial charge in [0.2, 0.25) is 0 Å². The lowest BCUT2D eigenvalue weighted by Crippen LogP contribution is -2.06. The number of hydrogen-bond donors (Lipinski definition) is 0. The zero-order valence-electron chi connectivity index (χ0n) is 8.17.